The summed E-state index contributed by atoms with van der Waals surface area (Å²) in [5.74, 6) is 0.437. The number of hydrogen-bond acceptors (Lipinski definition) is 4. The van der Waals surface area contributed by atoms with Gasteiger partial charge in [-0.25, -0.2) is 0 Å². The molecule has 0 aliphatic carbocycles. The maximum absolute atomic E-state index is 13.5. The van der Waals surface area contributed by atoms with Crippen molar-refractivity contribution in [3.63, 3.8) is 0 Å². The van der Waals surface area contributed by atoms with Gasteiger partial charge in [-0.1, -0.05) is 56.3 Å². The third-order valence-electron chi connectivity index (χ3n) is 6.02. The Bertz CT molecular complexity index is 1260. The maximum Gasteiger partial charge on any atom is 0.273 e. The second-order valence-electron chi connectivity index (χ2n) is 8.40. The molecule has 0 spiro atoms. The largest absolute Gasteiger partial charge is 0.507 e. The summed E-state index contributed by atoms with van der Waals surface area (Å²) >= 11 is 0. The van der Waals surface area contributed by atoms with Gasteiger partial charge in [0.15, 0.2) is 0 Å². The number of H-pyrrole nitrogens is 1. The van der Waals surface area contributed by atoms with Gasteiger partial charge in [0.1, 0.15) is 17.1 Å². The molecule has 0 bridgehead atoms. The molecule has 6 heteroatoms. The molecule has 0 saturated heterocycles. The lowest BCUT2D eigenvalue weighted by Gasteiger charge is -2.26. The van der Waals surface area contributed by atoms with Crippen LogP contribution in [0.2, 0.25) is 0 Å². The Kier molecular flexibility index (Phi) is 4.98. The second kappa shape index (κ2) is 7.96. The summed E-state index contributed by atoms with van der Waals surface area (Å²) in [5, 5.41) is 17.9. The molecular weight excluding hydrogens is 400 g/mol. The van der Waals surface area contributed by atoms with Gasteiger partial charge in [-0.2, -0.15) is 5.10 Å². The van der Waals surface area contributed by atoms with Crippen LogP contribution in [0.4, 0.5) is 0 Å². The molecule has 1 atom stereocenters. The van der Waals surface area contributed by atoms with Gasteiger partial charge in [0.2, 0.25) is 0 Å². The Morgan fingerprint density at radius 1 is 1.06 bits per heavy atom. The molecule has 5 rings (SSSR count). The first-order chi connectivity index (χ1) is 15.5. The first-order valence-electron chi connectivity index (χ1n) is 10.7. The van der Waals surface area contributed by atoms with Gasteiger partial charge in [-0.3, -0.25) is 14.9 Å². The highest BCUT2D eigenvalue weighted by Gasteiger charge is 2.42. The number of pyridine rings is 1. The standard InChI is InChI=1S/C26H24N4O2/c1-16(2)18-9-11-19(12-10-18)25-22-23(20-7-3-4-8-21(20)31)28-29-24(22)26(32)30(25)15-17-6-5-13-27-14-17/h3-14,16,25,31H,15H2,1-2H3,(H,28,29). The topological polar surface area (TPSA) is 82.1 Å². The molecule has 1 aliphatic rings. The van der Waals surface area contributed by atoms with Gasteiger partial charge >= 0.3 is 0 Å². The number of phenolic OH excluding ortho intramolecular Hbond substituents is 1. The number of fused-ring (bicyclic) bond motifs is 1. The van der Waals surface area contributed by atoms with E-state index in [-0.39, 0.29) is 17.7 Å². The summed E-state index contributed by atoms with van der Waals surface area (Å²) < 4.78 is 0. The number of aromatic nitrogens is 3. The highest BCUT2D eigenvalue weighted by Crippen LogP contribution is 2.45. The number of carbonyl (C=O) groups is 1. The summed E-state index contributed by atoms with van der Waals surface area (Å²) in [7, 11) is 0. The summed E-state index contributed by atoms with van der Waals surface area (Å²) in [4.78, 5) is 19.5. The normalized spacial score (nSPS) is 15.4. The number of benzene rings is 2. The van der Waals surface area contributed by atoms with E-state index >= 15 is 0 Å². The van der Waals surface area contributed by atoms with Crippen LogP contribution in [0.5, 0.6) is 5.75 Å². The van der Waals surface area contributed by atoms with Gasteiger partial charge in [0.05, 0.1) is 6.04 Å². The van der Waals surface area contributed by atoms with Crippen molar-refractivity contribution in [2.75, 3.05) is 0 Å². The predicted octanol–water partition coefficient (Wildman–Crippen LogP) is 5.05. The third-order valence-corrected chi connectivity index (χ3v) is 6.02. The number of aromatic amines is 1. The van der Waals surface area contributed by atoms with Crippen LogP contribution in [0.1, 0.15) is 58.5 Å². The fourth-order valence-corrected chi connectivity index (χ4v) is 4.34. The molecule has 160 valence electrons. The van der Waals surface area contributed by atoms with Crippen LogP contribution >= 0.6 is 0 Å². The van der Waals surface area contributed by atoms with E-state index in [1.165, 1.54) is 5.56 Å². The molecule has 1 aliphatic heterocycles. The molecule has 1 amide bonds. The minimum absolute atomic E-state index is 0.115. The molecule has 2 aromatic carbocycles. The van der Waals surface area contributed by atoms with Crippen molar-refractivity contribution in [3.05, 3.63) is 101 Å². The maximum atomic E-state index is 13.5. The average molecular weight is 425 g/mol. The van der Waals surface area contributed by atoms with Gasteiger partial charge in [0, 0.05) is 30.1 Å². The predicted molar refractivity (Wildman–Crippen MR) is 122 cm³/mol. The molecule has 4 aromatic rings. The molecular formula is C26H24N4O2. The number of carbonyl (C=O) groups excluding carboxylic acids is 1. The van der Waals surface area contributed by atoms with E-state index in [4.69, 9.17) is 0 Å². The van der Waals surface area contributed by atoms with Crippen molar-refractivity contribution in [2.45, 2.75) is 32.4 Å². The quantitative estimate of drug-likeness (QED) is 0.470. The van der Waals surface area contributed by atoms with E-state index in [1.54, 1.807) is 24.5 Å². The lowest BCUT2D eigenvalue weighted by Crippen LogP contribution is -2.29. The first-order valence-corrected chi connectivity index (χ1v) is 10.7. The number of nitrogens with one attached hydrogen (secondary N) is 1. The van der Waals surface area contributed by atoms with E-state index in [0.717, 1.165) is 16.7 Å². The Morgan fingerprint density at radius 2 is 1.84 bits per heavy atom. The average Bonchev–Trinajstić information content (AvgIpc) is 3.34. The third kappa shape index (κ3) is 3.34. The van der Waals surface area contributed by atoms with E-state index in [2.05, 4.69) is 53.3 Å². The molecule has 32 heavy (non-hydrogen) atoms. The minimum Gasteiger partial charge on any atom is -0.507 e. The second-order valence-corrected chi connectivity index (χ2v) is 8.40. The number of amides is 1. The van der Waals surface area contributed by atoms with Crippen LogP contribution in [0, 0.1) is 0 Å². The lowest BCUT2D eigenvalue weighted by molar-refractivity contribution is 0.0730. The minimum atomic E-state index is -0.327. The highest BCUT2D eigenvalue weighted by molar-refractivity contribution is 6.00. The smallest absolute Gasteiger partial charge is 0.273 e. The van der Waals surface area contributed by atoms with Crippen molar-refractivity contribution < 1.29 is 9.90 Å². The number of nitrogens with zero attached hydrogens (tertiary/aromatic N) is 3. The van der Waals surface area contributed by atoms with Crippen molar-refractivity contribution in [1.29, 1.82) is 0 Å². The number of phenols is 1. The Morgan fingerprint density at radius 3 is 2.53 bits per heavy atom. The molecule has 0 radical (unpaired) electrons. The molecule has 0 fully saturated rings. The van der Waals surface area contributed by atoms with Crippen LogP contribution in [-0.4, -0.2) is 31.1 Å². The fraction of sp³-hybridized carbons (Fsp3) is 0.192. The molecule has 3 heterocycles. The van der Waals surface area contributed by atoms with Crippen molar-refractivity contribution in [2.24, 2.45) is 0 Å². The van der Waals surface area contributed by atoms with Crippen LogP contribution < -0.4 is 0 Å². The number of para-hydroxylation sites is 1. The van der Waals surface area contributed by atoms with Gasteiger partial charge < -0.3 is 10.0 Å². The lowest BCUT2D eigenvalue weighted by atomic mass is 9.93. The van der Waals surface area contributed by atoms with E-state index < -0.39 is 0 Å². The molecule has 2 aromatic heterocycles. The van der Waals surface area contributed by atoms with Crippen LogP contribution in [0.15, 0.2) is 73.1 Å². The zero-order valence-electron chi connectivity index (χ0n) is 18.0. The summed E-state index contributed by atoms with van der Waals surface area (Å²) in [6, 6.07) is 19.0. The van der Waals surface area contributed by atoms with Crippen molar-refractivity contribution in [1.82, 2.24) is 20.1 Å². The van der Waals surface area contributed by atoms with Gasteiger partial charge in [0.25, 0.3) is 5.91 Å². The Hall–Kier alpha value is -3.93. The Labute approximate surface area is 186 Å². The van der Waals surface area contributed by atoms with E-state index in [1.807, 2.05) is 29.2 Å². The summed E-state index contributed by atoms with van der Waals surface area (Å²) in [5.41, 5.74) is 5.64. The first kappa shape index (κ1) is 20.0. The van der Waals surface area contributed by atoms with Crippen LogP contribution in [0.3, 0.4) is 0 Å². The zero-order chi connectivity index (χ0) is 22.2. The molecule has 1 unspecified atom stereocenters. The van der Waals surface area contributed by atoms with E-state index in [0.29, 0.717) is 29.4 Å². The van der Waals surface area contributed by atoms with Gasteiger partial charge in [-0.05, 0) is 40.8 Å². The highest BCUT2D eigenvalue weighted by atomic mass is 16.3. The van der Waals surface area contributed by atoms with Crippen LogP contribution in [-0.2, 0) is 6.54 Å². The van der Waals surface area contributed by atoms with Crippen LogP contribution in [0.25, 0.3) is 11.3 Å². The summed E-state index contributed by atoms with van der Waals surface area (Å²) in [6.07, 6.45) is 3.50. The monoisotopic (exact) mass is 424 g/mol. The molecule has 6 nitrogen and oxygen atoms in total. The number of hydrogen-bond donors (Lipinski definition) is 2. The fourth-order valence-electron chi connectivity index (χ4n) is 4.34. The van der Waals surface area contributed by atoms with E-state index in [9.17, 15) is 9.90 Å². The zero-order valence-corrected chi connectivity index (χ0v) is 18.0. The number of rotatable bonds is 5. The van der Waals surface area contributed by atoms with Crippen molar-refractivity contribution in [3.8, 4) is 17.0 Å². The number of aromatic hydroxyl groups is 1. The van der Waals surface area contributed by atoms with Gasteiger partial charge in [-0.15, -0.1) is 0 Å². The summed E-state index contributed by atoms with van der Waals surface area (Å²) in [6.45, 7) is 4.74. The SMILES string of the molecule is CC(C)c1ccc(C2c3c(-c4ccccc4O)n[nH]c3C(=O)N2Cc2cccnc2)cc1. The van der Waals surface area contributed by atoms with Crippen molar-refractivity contribution >= 4 is 5.91 Å². The molecule has 0 saturated carbocycles. The molecule has 2 N–H and O–H groups in total. The Balaban J connectivity index is 1.65.